The van der Waals surface area contributed by atoms with E-state index >= 15 is 0 Å². The lowest BCUT2D eigenvalue weighted by Gasteiger charge is -2.26. The van der Waals surface area contributed by atoms with Crippen LogP contribution in [0.25, 0.3) is 10.9 Å². The first-order valence-electron chi connectivity index (χ1n) is 12.2. The van der Waals surface area contributed by atoms with Gasteiger partial charge in [0, 0.05) is 23.5 Å². The molecule has 11 nitrogen and oxygen atoms in total. The molecule has 37 heavy (non-hydrogen) atoms. The van der Waals surface area contributed by atoms with E-state index in [9.17, 15) is 29.4 Å². The Labute approximate surface area is 220 Å². The number of aliphatic carboxylic acids is 1. The third-order valence-electron chi connectivity index (χ3n) is 6.29. The van der Waals surface area contributed by atoms with Gasteiger partial charge in [0.25, 0.3) is 0 Å². The first kappa shape index (κ1) is 30.1. The van der Waals surface area contributed by atoms with Gasteiger partial charge in [-0.25, -0.2) is 4.79 Å². The number of aromatic amines is 1. The summed E-state index contributed by atoms with van der Waals surface area (Å²) in [5.41, 5.74) is 7.27. The van der Waals surface area contributed by atoms with E-state index in [-0.39, 0.29) is 18.8 Å². The predicted molar refractivity (Wildman–Crippen MR) is 143 cm³/mol. The van der Waals surface area contributed by atoms with Crippen LogP contribution in [0.5, 0.6) is 0 Å². The molecule has 0 radical (unpaired) electrons. The average Bonchev–Trinajstić information content (AvgIpc) is 3.30. The Bertz CT molecular complexity index is 1080. The molecular weight excluding hydrogens is 498 g/mol. The number of nitrogens with two attached hydrogens (primary N) is 1. The molecule has 12 heteroatoms. The highest BCUT2D eigenvalue weighted by molar-refractivity contribution is 7.98. The number of hydrogen-bond donors (Lipinski definition) is 7. The maximum Gasteiger partial charge on any atom is 0.326 e. The summed E-state index contributed by atoms with van der Waals surface area (Å²) in [4.78, 5) is 53.8. The Kier molecular flexibility index (Phi) is 11.9. The summed E-state index contributed by atoms with van der Waals surface area (Å²) in [6.45, 7) is 2.96. The third kappa shape index (κ3) is 8.48. The molecule has 5 atom stereocenters. The first-order valence-corrected chi connectivity index (χ1v) is 13.6. The number of H-pyrrole nitrogens is 1. The minimum absolute atomic E-state index is 0.0984. The van der Waals surface area contributed by atoms with Gasteiger partial charge in [-0.05, 0) is 36.0 Å². The van der Waals surface area contributed by atoms with Crippen LogP contribution >= 0.6 is 11.8 Å². The van der Waals surface area contributed by atoms with Crippen LogP contribution in [-0.2, 0) is 25.6 Å². The molecule has 1 aromatic carbocycles. The minimum atomic E-state index is -1.22. The van der Waals surface area contributed by atoms with Gasteiger partial charge in [0.2, 0.25) is 17.7 Å². The molecule has 1 aromatic heterocycles. The summed E-state index contributed by atoms with van der Waals surface area (Å²) in [5, 5.41) is 27.5. The van der Waals surface area contributed by atoms with Gasteiger partial charge in [-0.1, -0.05) is 38.5 Å². The van der Waals surface area contributed by atoms with E-state index < -0.39 is 54.5 Å². The van der Waals surface area contributed by atoms with Gasteiger partial charge >= 0.3 is 5.97 Å². The van der Waals surface area contributed by atoms with Crippen LogP contribution in [0.2, 0.25) is 0 Å². The minimum Gasteiger partial charge on any atom is -0.480 e. The lowest BCUT2D eigenvalue weighted by atomic mass is 9.98. The zero-order valence-corrected chi connectivity index (χ0v) is 22.1. The van der Waals surface area contributed by atoms with Gasteiger partial charge in [-0.15, -0.1) is 0 Å². The van der Waals surface area contributed by atoms with Crippen molar-refractivity contribution >= 4 is 46.4 Å². The number of para-hydroxylation sites is 1. The van der Waals surface area contributed by atoms with Crippen molar-refractivity contribution in [3.8, 4) is 0 Å². The normalized spacial score (nSPS) is 15.3. The molecule has 0 saturated heterocycles. The van der Waals surface area contributed by atoms with E-state index in [0.29, 0.717) is 12.2 Å². The predicted octanol–water partition coefficient (Wildman–Crippen LogP) is 0.368. The van der Waals surface area contributed by atoms with Gasteiger partial charge in [-0.2, -0.15) is 11.8 Å². The molecular formula is C25H37N5O6S. The van der Waals surface area contributed by atoms with Gasteiger partial charge in [0.1, 0.15) is 24.2 Å². The Morgan fingerprint density at radius 2 is 1.70 bits per heavy atom. The quantitative estimate of drug-likeness (QED) is 0.170. The number of hydrogen-bond acceptors (Lipinski definition) is 7. The summed E-state index contributed by atoms with van der Waals surface area (Å²) in [7, 11) is 0. The molecule has 0 aliphatic rings. The number of rotatable bonds is 15. The Hall–Kier alpha value is -3.09. The van der Waals surface area contributed by atoms with E-state index in [1.165, 1.54) is 11.8 Å². The molecule has 0 fully saturated rings. The molecule has 2 aromatic rings. The number of nitrogens with one attached hydrogen (secondary N) is 4. The number of aromatic nitrogens is 1. The van der Waals surface area contributed by atoms with E-state index in [0.717, 1.165) is 16.5 Å². The lowest BCUT2D eigenvalue weighted by Crippen LogP contribution is -2.58. The monoisotopic (exact) mass is 535 g/mol. The second-order valence-electron chi connectivity index (χ2n) is 8.97. The number of amides is 3. The average molecular weight is 536 g/mol. The fourth-order valence-electron chi connectivity index (χ4n) is 3.81. The number of aliphatic hydroxyl groups is 1. The second-order valence-corrected chi connectivity index (χ2v) is 9.95. The summed E-state index contributed by atoms with van der Waals surface area (Å²) in [6, 6.07) is 3.05. The molecule has 3 amide bonds. The number of carboxylic acids is 1. The van der Waals surface area contributed by atoms with Crippen molar-refractivity contribution in [3.05, 3.63) is 36.0 Å². The Balaban J connectivity index is 2.28. The van der Waals surface area contributed by atoms with E-state index in [1.807, 2.05) is 37.4 Å². The molecule has 0 aliphatic carbocycles. The number of carboxylic acid groups (broad SMARTS) is 1. The number of aliphatic hydroxyl groups excluding tert-OH is 1. The van der Waals surface area contributed by atoms with E-state index in [4.69, 9.17) is 5.73 Å². The summed E-state index contributed by atoms with van der Waals surface area (Å²) in [5.74, 6) is -2.88. The summed E-state index contributed by atoms with van der Waals surface area (Å²) >= 11 is 1.48. The smallest absolute Gasteiger partial charge is 0.326 e. The van der Waals surface area contributed by atoms with Crippen molar-refractivity contribution in [3.63, 3.8) is 0 Å². The Morgan fingerprint density at radius 3 is 2.32 bits per heavy atom. The Morgan fingerprint density at radius 1 is 1.05 bits per heavy atom. The highest BCUT2D eigenvalue weighted by Crippen LogP contribution is 2.19. The fraction of sp³-hybridized carbons (Fsp3) is 0.520. The van der Waals surface area contributed by atoms with Crippen LogP contribution in [0.3, 0.4) is 0 Å². The first-order chi connectivity index (χ1) is 17.6. The maximum atomic E-state index is 13.4. The zero-order valence-electron chi connectivity index (χ0n) is 21.3. The number of benzene rings is 1. The lowest BCUT2D eigenvalue weighted by molar-refractivity contribution is -0.143. The van der Waals surface area contributed by atoms with E-state index in [1.54, 1.807) is 13.1 Å². The molecule has 2 rings (SSSR count). The van der Waals surface area contributed by atoms with Crippen molar-refractivity contribution in [2.24, 2.45) is 11.7 Å². The molecule has 5 unspecified atom stereocenters. The summed E-state index contributed by atoms with van der Waals surface area (Å²) in [6.07, 6.45) is 4.50. The molecule has 0 bridgehead atoms. The zero-order chi connectivity index (χ0) is 27.5. The largest absolute Gasteiger partial charge is 0.480 e. The SMILES string of the molecule is CCC(C)C(NC(=O)C(CCSC)NC(=O)C(Cc1c[nH]c2ccccc12)NC(=O)C(N)CO)C(=O)O. The van der Waals surface area contributed by atoms with Crippen molar-refractivity contribution in [2.75, 3.05) is 18.6 Å². The topological polar surface area (TPSA) is 187 Å². The van der Waals surface area contributed by atoms with Gasteiger partial charge < -0.3 is 36.9 Å². The van der Waals surface area contributed by atoms with Gasteiger partial charge in [-0.3, -0.25) is 14.4 Å². The van der Waals surface area contributed by atoms with Crippen molar-refractivity contribution in [2.45, 2.75) is 57.3 Å². The molecule has 0 spiro atoms. The maximum absolute atomic E-state index is 13.4. The number of carbonyl (C=O) groups is 4. The van der Waals surface area contributed by atoms with Crippen molar-refractivity contribution in [1.29, 1.82) is 0 Å². The number of carbonyl (C=O) groups excluding carboxylic acids is 3. The van der Waals surface area contributed by atoms with E-state index in [2.05, 4.69) is 20.9 Å². The number of thioether (sulfide) groups is 1. The molecule has 8 N–H and O–H groups in total. The van der Waals surface area contributed by atoms with Crippen LogP contribution in [-0.4, -0.2) is 81.7 Å². The highest BCUT2D eigenvalue weighted by Gasteiger charge is 2.32. The summed E-state index contributed by atoms with van der Waals surface area (Å²) < 4.78 is 0. The standard InChI is InChI=1S/C25H37N5O6S/c1-4-14(2)21(25(35)36)30-23(33)19(9-10-37-3)28-24(34)20(29-22(32)17(26)13-31)11-15-12-27-18-8-6-5-7-16(15)18/h5-8,12,14,17,19-21,27,31H,4,9-11,13,26H2,1-3H3,(H,28,34)(H,29,32)(H,30,33)(H,35,36). The van der Waals surface area contributed by atoms with Crippen LogP contribution < -0.4 is 21.7 Å². The molecule has 1 heterocycles. The van der Waals surface area contributed by atoms with Crippen LogP contribution in [0, 0.1) is 5.92 Å². The van der Waals surface area contributed by atoms with Crippen LogP contribution in [0.1, 0.15) is 32.3 Å². The highest BCUT2D eigenvalue weighted by atomic mass is 32.2. The van der Waals surface area contributed by atoms with Crippen molar-refractivity contribution < 1.29 is 29.4 Å². The fourth-order valence-corrected chi connectivity index (χ4v) is 4.28. The molecule has 0 aliphatic heterocycles. The molecule has 0 saturated carbocycles. The van der Waals surface area contributed by atoms with Crippen molar-refractivity contribution in [1.82, 2.24) is 20.9 Å². The van der Waals surface area contributed by atoms with Gasteiger partial charge in [0.05, 0.1) is 6.61 Å². The van der Waals surface area contributed by atoms with Crippen LogP contribution in [0.15, 0.2) is 30.5 Å². The van der Waals surface area contributed by atoms with Gasteiger partial charge in [0.15, 0.2) is 0 Å². The molecule has 204 valence electrons. The number of fused-ring (bicyclic) bond motifs is 1. The third-order valence-corrected chi connectivity index (χ3v) is 6.93. The second kappa shape index (κ2) is 14.6. The van der Waals surface area contributed by atoms with Crippen LogP contribution in [0.4, 0.5) is 0 Å².